The Morgan fingerprint density at radius 1 is 1.06 bits per heavy atom. The molecule has 1 amide bonds. The van der Waals surface area contributed by atoms with E-state index in [0.29, 0.717) is 19.0 Å². The van der Waals surface area contributed by atoms with Crippen LogP contribution in [-0.2, 0) is 16.1 Å². The van der Waals surface area contributed by atoms with Crippen LogP contribution in [0.1, 0.15) is 50.5 Å². The van der Waals surface area contributed by atoms with Gasteiger partial charge < -0.3 is 14.7 Å². The summed E-state index contributed by atoms with van der Waals surface area (Å²) in [5.74, 6) is -1.60. The third-order valence-corrected chi connectivity index (χ3v) is 6.69. The predicted molar refractivity (Wildman–Crippen MR) is 112 cm³/mol. The van der Waals surface area contributed by atoms with Gasteiger partial charge in [-0.2, -0.15) is 22.0 Å². The first-order valence-electron chi connectivity index (χ1n) is 11.4. The molecule has 4 rings (SSSR count). The van der Waals surface area contributed by atoms with Crippen molar-refractivity contribution in [2.24, 2.45) is 5.92 Å². The number of hydrogen-bond acceptors (Lipinski definition) is 4. The first-order chi connectivity index (χ1) is 16.0. The third kappa shape index (κ3) is 7.04. The van der Waals surface area contributed by atoms with E-state index in [1.807, 2.05) is 4.90 Å². The normalized spacial score (nSPS) is 23.6. The summed E-state index contributed by atoms with van der Waals surface area (Å²) >= 11 is 0. The summed E-state index contributed by atoms with van der Waals surface area (Å²) in [4.78, 5) is 26.1. The smallest absolute Gasteiger partial charge is 0.475 e. The van der Waals surface area contributed by atoms with Crippen molar-refractivity contribution in [1.29, 1.82) is 0 Å². The van der Waals surface area contributed by atoms with Gasteiger partial charge in [0.1, 0.15) is 5.75 Å². The lowest BCUT2D eigenvalue weighted by atomic mass is 9.89. The molecule has 1 aromatic carbocycles. The summed E-state index contributed by atoms with van der Waals surface area (Å²) in [6, 6.07) is 7.27. The van der Waals surface area contributed by atoms with Gasteiger partial charge in [0, 0.05) is 38.1 Å². The second-order valence-electron chi connectivity index (χ2n) is 8.97. The minimum absolute atomic E-state index is 0.152. The first kappa shape index (κ1) is 26.2. The molecule has 3 fully saturated rings. The number of benzene rings is 1. The van der Waals surface area contributed by atoms with Gasteiger partial charge in [-0.25, -0.2) is 4.79 Å². The maximum absolute atomic E-state index is 12.6. The Balaban J connectivity index is 0.000000406. The second kappa shape index (κ2) is 11.3. The Bertz CT molecular complexity index is 828. The van der Waals surface area contributed by atoms with Gasteiger partial charge in [-0.15, -0.1) is 0 Å². The van der Waals surface area contributed by atoms with Crippen LogP contribution in [0.15, 0.2) is 24.3 Å². The van der Waals surface area contributed by atoms with Crippen LogP contribution in [0, 0.1) is 5.92 Å². The number of carboxylic acid groups (broad SMARTS) is 1. The number of carboxylic acids is 1. The van der Waals surface area contributed by atoms with Gasteiger partial charge in [0.2, 0.25) is 5.91 Å². The maximum atomic E-state index is 12.6. The summed E-state index contributed by atoms with van der Waals surface area (Å²) in [6.07, 6.45) is 3.30. The number of carbonyl (C=O) groups excluding carboxylic acids is 1. The molecule has 6 nitrogen and oxygen atoms in total. The van der Waals surface area contributed by atoms with E-state index in [1.165, 1.54) is 32.1 Å². The average Bonchev–Trinajstić information content (AvgIpc) is 3.29. The summed E-state index contributed by atoms with van der Waals surface area (Å²) in [5.41, 5.74) is 0.955. The SMILES string of the molecule is O=C(O)C(F)(F)F.O=C1C[C@H]2[C@H](CCN2CC2CCCCC2)N1Cc1ccc(OC(F)F)cc1. The lowest BCUT2D eigenvalue weighted by Gasteiger charge is -2.30. The number of halogens is 5. The molecule has 2 atom stereocenters. The van der Waals surface area contributed by atoms with E-state index in [1.54, 1.807) is 24.3 Å². The summed E-state index contributed by atoms with van der Waals surface area (Å²) in [6.45, 7) is -0.0456. The van der Waals surface area contributed by atoms with Gasteiger partial charge in [0.05, 0.1) is 0 Å². The predicted octanol–water partition coefficient (Wildman–Crippen LogP) is 4.68. The highest BCUT2D eigenvalue weighted by Crippen LogP contribution is 2.36. The molecular formula is C23H29F5N2O4. The van der Waals surface area contributed by atoms with Crippen molar-refractivity contribution in [3.63, 3.8) is 0 Å². The number of nitrogens with zero attached hydrogens (tertiary/aromatic N) is 2. The monoisotopic (exact) mass is 492 g/mol. The highest BCUT2D eigenvalue weighted by atomic mass is 19.4. The fourth-order valence-electron chi connectivity index (χ4n) is 5.12. The number of carbonyl (C=O) groups is 2. The van der Waals surface area contributed by atoms with Crippen LogP contribution in [-0.4, -0.2) is 64.7 Å². The van der Waals surface area contributed by atoms with Gasteiger partial charge in [0.25, 0.3) is 0 Å². The van der Waals surface area contributed by atoms with E-state index >= 15 is 0 Å². The number of hydrogen-bond donors (Lipinski definition) is 1. The van der Waals surface area contributed by atoms with Gasteiger partial charge in [0.15, 0.2) is 0 Å². The zero-order valence-corrected chi connectivity index (χ0v) is 18.6. The van der Waals surface area contributed by atoms with Gasteiger partial charge in [-0.3, -0.25) is 9.69 Å². The van der Waals surface area contributed by atoms with Crippen molar-refractivity contribution >= 4 is 11.9 Å². The fraction of sp³-hybridized carbons (Fsp3) is 0.652. The Hall–Kier alpha value is -2.43. The van der Waals surface area contributed by atoms with Crippen LogP contribution in [0.5, 0.6) is 5.75 Å². The molecule has 1 aliphatic carbocycles. The molecule has 0 unspecified atom stereocenters. The average molecular weight is 492 g/mol. The van der Waals surface area contributed by atoms with Gasteiger partial charge in [-0.1, -0.05) is 31.4 Å². The topological polar surface area (TPSA) is 70.1 Å². The van der Waals surface area contributed by atoms with Crippen LogP contribution in [0.25, 0.3) is 0 Å². The van der Waals surface area contributed by atoms with Crippen LogP contribution >= 0.6 is 0 Å². The maximum Gasteiger partial charge on any atom is 0.490 e. The fourth-order valence-corrected chi connectivity index (χ4v) is 5.12. The quantitative estimate of drug-likeness (QED) is 0.585. The third-order valence-electron chi connectivity index (χ3n) is 6.69. The Morgan fingerprint density at radius 2 is 1.68 bits per heavy atom. The number of likely N-dealkylation sites (tertiary alicyclic amines) is 2. The molecule has 34 heavy (non-hydrogen) atoms. The zero-order valence-electron chi connectivity index (χ0n) is 18.6. The molecule has 3 aliphatic rings. The summed E-state index contributed by atoms with van der Waals surface area (Å²) < 4.78 is 60.7. The van der Waals surface area contributed by atoms with Crippen LogP contribution in [0.3, 0.4) is 0 Å². The second-order valence-corrected chi connectivity index (χ2v) is 8.97. The minimum atomic E-state index is -5.08. The molecule has 2 aliphatic heterocycles. The van der Waals surface area contributed by atoms with Crippen LogP contribution < -0.4 is 4.74 Å². The molecule has 0 radical (unpaired) electrons. The highest BCUT2D eigenvalue weighted by Gasteiger charge is 2.46. The molecular weight excluding hydrogens is 463 g/mol. The molecule has 0 spiro atoms. The lowest BCUT2D eigenvalue weighted by molar-refractivity contribution is -0.192. The minimum Gasteiger partial charge on any atom is -0.475 e. The molecule has 2 heterocycles. The van der Waals surface area contributed by atoms with Crippen molar-refractivity contribution in [3.05, 3.63) is 29.8 Å². The molecule has 11 heteroatoms. The number of aliphatic carboxylic acids is 1. The lowest BCUT2D eigenvalue weighted by Crippen LogP contribution is -2.39. The van der Waals surface area contributed by atoms with Crippen molar-refractivity contribution in [3.8, 4) is 5.75 Å². The van der Waals surface area contributed by atoms with Crippen LogP contribution in [0.2, 0.25) is 0 Å². The molecule has 1 aromatic rings. The van der Waals surface area contributed by atoms with E-state index in [9.17, 15) is 26.7 Å². The van der Waals surface area contributed by atoms with E-state index < -0.39 is 18.8 Å². The van der Waals surface area contributed by atoms with Crippen molar-refractivity contribution in [2.45, 2.75) is 76.4 Å². The molecule has 190 valence electrons. The number of fused-ring (bicyclic) bond motifs is 1. The summed E-state index contributed by atoms with van der Waals surface area (Å²) in [5, 5.41) is 7.12. The molecule has 1 saturated carbocycles. The van der Waals surface area contributed by atoms with E-state index in [4.69, 9.17) is 9.90 Å². The Morgan fingerprint density at radius 3 is 2.24 bits per heavy atom. The number of amides is 1. The number of alkyl halides is 5. The van der Waals surface area contributed by atoms with E-state index in [0.717, 1.165) is 31.0 Å². The molecule has 1 N–H and O–H groups in total. The zero-order chi connectivity index (χ0) is 24.9. The van der Waals surface area contributed by atoms with Crippen molar-refractivity contribution in [1.82, 2.24) is 9.80 Å². The summed E-state index contributed by atoms with van der Waals surface area (Å²) in [7, 11) is 0. The van der Waals surface area contributed by atoms with Gasteiger partial charge in [-0.05, 0) is 42.9 Å². The number of ether oxygens (including phenoxy) is 1. The standard InChI is InChI=1S/C21H28F2N2O2.C2HF3O2/c22-21(23)27-17-8-6-16(7-9-17)14-25-18-10-11-24(19(18)12-20(25)26)13-15-4-2-1-3-5-15;3-2(4,5)1(6)7/h6-9,15,18-19,21H,1-5,10-14H2;(H,6,7)/t18-,19-;/m0./s1. The van der Waals surface area contributed by atoms with Gasteiger partial charge >= 0.3 is 18.8 Å². The van der Waals surface area contributed by atoms with Crippen LogP contribution in [0.4, 0.5) is 22.0 Å². The van der Waals surface area contributed by atoms with E-state index in [-0.39, 0.29) is 17.7 Å². The molecule has 0 bridgehead atoms. The number of rotatable bonds is 6. The Kier molecular flexibility index (Phi) is 8.72. The largest absolute Gasteiger partial charge is 0.490 e. The van der Waals surface area contributed by atoms with Crippen molar-refractivity contribution < 1.29 is 41.4 Å². The molecule has 0 aromatic heterocycles. The van der Waals surface area contributed by atoms with E-state index in [2.05, 4.69) is 9.64 Å². The highest BCUT2D eigenvalue weighted by molar-refractivity contribution is 5.80. The van der Waals surface area contributed by atoms with Crippen molar-refractivity contribution in [2.75, 3.05) is 13.1 Å². The Labute approximate surface area is 194 Å². The molecule has 2 saturated heterocycles. The first-order valence-corrected chi connectivity index (χ1v) is 11.4.